The van der Waals surface area contributed by atoms with Crippen molar-refractivity contribution in [1.29, 1.82) is 0 Å². The SMILES string of the molecule is COc1ccc(OC)c(C(O)c2cc(F)c(C)cc2F)c1. The van der Waals surface area contributed by atoms with Crippen molar-refractivity contribution in [3.63, 3.8) is 0 Å². The van der Waals surface area contributed by atoms with Gasteiger partial charge >= 0.3 is 0 Å². The summed E-state index contributed by atoms with van der Waals surface area (Å²) < 4.78 is 37.8. The van der Waals surface area contributed by atoms with Crippen molar-refractivity contribution < 1.29 is 23.4 Å². The van der Waals surface area contributed by atoms with Crippen LogP contribution in [0, 0.1) is 18.6 Å². The molecule has 0 heterocycles. The van der Waals surface area contributed by atoms with Crippen LogP contribution >= 0.6 is 0 Å². The Hall–Kier alpha value is -2.14. The van der Waals surface area contributed by atoms with Crippen LogP contribution in [0.1, 0.15) is 22.8 Å². The molecule has 1 N–H and O–H groups in total. The van der Waals surface area contributed by atoms with Crippen LogP contribution in [0.5, 0.6) is 11.5 Å². The molecule has 0 aliphatic carbocycles. The van der Waals surface area contributed by atoms with E-state index in [1.807, 2.05) is 0 Å². The molecule has 0 spiro atoms. The first-order valence-electron chi connectivity index (χ1n) is 6.33. The smallest absolute Gasteiger partial charge is 0.129 e. The van der Waals surface area contributed by atoms with Crippen LogP contribution in [-0.2, 0) is 0 Å². The van der Waals surface area contributed by atoms with Gasteiger partial charge in [0.2, 0.25) is 0 Å². The summed E-state index contributed by atoms with van der Waals surface area (Å²) in [5.74, 6) is -0.403. The minimum Gasteiger partial charge on any atom is -0.497 e. The number of hydrogen-bond donors (Lipinski definition) is 1. The zero-order chi connectivity index (χ0) is 15.6. The number of methoxy groups -OCH3 is 2. The van der Waals surface area contributed by atoms with E-state index in [4.69, 9.17) is 9.47 Å². The number of rotatable bonds is 4. The second-order valence-electron chi connectivity index (χ2n) is 4.63. The van der Waals surface area contributed by atoms with E-state index >= 15 is 0 Å². The molecule has 0 amide bonds. The minimum absolute atomic E-state index is 0.148. The first-order valence-corrected chi connectivity index (χ1v) is 6.33. The predicted octanol–water partition coefficient (Wildman–Crippen LogP) is 3.37. The van der Waals surface area contributed by atoms with E-state index in [-0.39, 0.29) is 11.1 Å². The van der Waals surface area contributed by atoms with Crippen molar-refractivity contribution in [3.05, 3.63) is 58.7 Å². The fourth-order valence-electron chi connectivity index (χ4n) is 2.09. The van der Waals surface area contributed by atoms with Crippen LogP contribution in [0.2, 0.25) is 0 Å². The van der Waals surface area contributed by atoms with Crippen molar-refractivity contribution in [2.75, 3.05) is 14.2 Å². The Kier molecular flexibility index (Phi) is 4.43. The maximum absolute atomic E-state index is 14.0. The molecular weight excluding hydrogens is 278 g/mol. The molecule has 112 valence electrons. The Balaban J connectivity index is 2.53. The summed E-state index contributed by atoms with van der Waals surface area (Å²) in [7, 11) is 2.91. The van der Waals surface area contributed by atoms with Crippen molar-refractivity contribution >= 4 is 0 Å². The highest BCUT2D eigenvalue weighted by Gasteiger charge is 2.21. The molecule has 2 aromatic carbocycles. The van der Waals surface area contributed by atoms with Gasteiger partial charge in [-0.3, -0.25) is 0 Å². The lowest BCUT2D eigenvalue weighted by atomic mass is 9.98. The van der Waals surface area contributed by atoms with Gasteiger partial charge in [-0.2, -0.15) is 0 Å². The lowest BCUT2D eigenvalue weighted by Crippen LogP contribution is -2.06. The van der Waals surface area contributed by atoms with Crippen LogP contribution in [-0.4, -0.2) is 19.3 Å². The molecule has 0 saturated heterocycles. The highest BCUT2D eigenvalue weighted by Crippen LogP contribution is 2.34. The second-order valence-corrected chi connectivity index (χ2v) is 4.63. The van der Waals surface area contributed by atoms with Crippen LogP contribution in [0.3, 0.4) is 0 Å². The van der Waals surface area contributed by atoms with Crippen molar-refractivity contribution in [3.8, 4) is 11.5 Å². The van der Waals surface area contributed by atoms with Crippen LogP contribution in [0.15, 0.2) is 30.3 Å². The Morgan fingerprint density at radius 2 is 1.67 bits per heavy atom. The molecule has 1 atom stereocenters. The summed E-state index contributed by atoms with van der Waals surface area (Å²) in [6.07, 6.45) is -1.36. The van der Waals surface area contributed by atoms with Crippen LogP contribution < -0.4 is 9.47 Å². The van der Waals surface area contributed by atoms with Gasteiger partial charge in [-0.1, -0.05) is 0 Å². The lowest BCUT2D eigenvalue weighted by Gasteiger charge is -2.17. The Bertz CT molecular complexity index is 656. The molecule has 0 aliphatic rings. The third kappa shape index (κ3) is 2.97. The zero-order valence-electron chi connectivity index (χ0n) is 12.0. The van der Waals surface area contributed by atoms with Gasteiger partial charge in [0.05, 0.1) is 14.2 Å². The fourth-order valence-corrected chi connectivity index (χ4v) is 2.09. The Morgan fingerprint density at radius 1 is 0.952 bits per heavy atom. The van der Waals surface area contributed by atoms with E-state index in [9.17, 15) is 13.9 Å². The van der Waals surface area contributed by atoms with E-state index in [2.05, 4.69) is 0 Å². The first kappa shape index (κ1) is 15.3. The second kappa shape index (κ2) is 6.10. The zero-order valence-corrected chi connectivity index (χ0v) is 12.0. The molecule has 2 aromatic rings. The summed E-state index contributed by atoms with van der Waals surface area (Å²) >= 11 is 0. The third-order valence-electron chi connectivity index (χ3n) is 3.30. The highest BCUT2D eigenvalue weighted by molar-refractivity contribution is 5.45. The number of halogens is 2. The lowest BCUT2D eigenvalue weighted by molar-refractivity contribution is 0.208. The molecule has 21 heavy (non-hydrogen) atoms. The normalized spacial score (nSPS) is 12.1. The highest BCUT2D eigenvalue weighted by atomic mass is 19.1. The van der Waals surface area contributed by atoms with Crippen LogP contribution in [0.4, 0.5) is 8.78 Å². The standard InChI is InChI=1S/C16H16F2O3/c1-9-6-14(18)11(8-13(9)17)16(19)12-7-10(20-2)4-5-15(12)21-3/h4-8,16,19H,1-3H3. The van der Waals surface area contributed by atoms with Gasteiger partial charge in [-0.25, -0.2) is 8.78 Å². The third-order valence-corrected chi connectivity index (χ3v) is 3.30. The maximum Gasteiger partial charge on any atom is 0.129 e. The average molecular weight is 294 g/mol. The van der Waals surface area contributed by atoms with E-state index in [0.29, 0.717) is 17.1 Å². The molecule has 5 heteroatoms. The monoisotopic (exact) mass is 294 g/mol. The molecular formula is C16H16F2O3. The van der Waals surface area contributed by atoms with Gasteiger partial charge in [-0.15, -0.1) is 0 Å². The summed E-state index contributed by atoms with van der Waals surface area (Å²) in [5, 5.41) is 10.4. The molecule has 0 saturated carbocycles. The molecule has 0 bridgehead atoms. The van der Waals surface area contributed by atoms with Crippen molar-refractivity contribution in [2.24, 2.45) is 0 Å². The summed E-state index contributed by atoms with van der Waals surface area (Å²) in [6.45, 7) is 1.46. The summed E-state index contributed by atoms with van der Waals surface area (Å²) in [5.41, 5.74) is 0.338. The largest absolute Gasteiger partial charge is 0.497 e. The molecule has 2 rings (SSSR count). The van der Waals surface area contributed by atoms with Gasteiger partial charge in [0.15, 0.2) is 0 Å². The maximum atomic E-state index is 14.0. The molecule has 3 nitrogen and oxygen atoms in total. The number of hydrogen-bond acceptors (Lipinski definition) is 3. The quantitative estimate of drug-likeness (QED) is 0.939. The van der Waals surface area contributed by atoms with E-state index < -0.39 is 17.7 Å². The number of aryl methyl sites for hydroxylation is 1. The van der Waals surface area contributed by atoms with E-state index in [1.165, 1.54) is 27.2 Å². The first-order chi connectivity index (χ1) is 9.97. The van der Waals surface area contributed by atoms with E-state index in [0.717, 1.165) is 12.1 Å². The summed E-state index contributed by atoms with van der Waals surface area (Å²) in [6, 6.07) is 6.83. The van der Waals surface area contributed by atoms with Crippen molar-refractivity contribution in [1.82, 2.24) is 0 Å². The topological polar surface area (TPSA) is 38.7 Å². The molecule has 0 aromatic heterocycles. The van der Waals surface area contributed by atoms with Gasteiger partial charge < -0.3 is 14.6 Å². The van der Waals surface area contributed by atoms with Gasteiger partial charge in [-0.05, 0) is 42.8 Å². The van der Waals surface area contributed by atoms with E-state index in [1.54, 1.807) is 12.1 Å². The van der Waals surface area contributed by atoms with Gasteiger partial charge in [0.25, 0.3) is 0 Å². The molecule has 0 fully saturated rings. The van der Waals surface area contributed by atoms with Crippen LogP contribution in [0.25, 0.3) is 0 Å². The number of aliphatic hydroxyl groups excluding tert-OH is 1. The molecule has 0 aliphatic heterocycles. The Labute approximate surface area is 121 Å². The average Bonchev–Trinajstić information content (AvgIpc) is 2.49. The summed E-state index contributed by atoms with van der Waals surface area (Å²) in [4.78, 5) is 0. The predicted molar refractivity (Wildman–Crippen MR) is 74.7 cm³/mol. The Morgan fingerprint density at radius 3 is 2.29 bits per heavy atom. The number of ether oxygens (including phenoxy) is 2. The molecule has 0 radical (unpaired) electrons. The fraction of sp³-hybridized carbons (Fsp3) is 0.250. The van der Waals surface area contributed by atoms with Gasteiger partial charge in [0.1, 0.15) is 29.2 Å². The van der Waals surface area contributed by atoms with Gasteiger partial charge in [0, 0.05) is 11.1 Å². The molecule has 1 unspecified atom stereocenters. The van der Waals surface area contributed by atoms with Crippen molar-refractivity contribution in [2.45, 2.75) is 13.0 Å². The number of aliphatic hydroxyl groups is 1. The number of benzene rings is 2. The minimum atomic E-state index is -1.36.